The SMILES string of the molecule is COc1ccc(-c2cc3c(SCC(=O)NCc4cccc(OC)c4)nccn3n2)cc1. The fourth-order valence-corrected chi connectivity index (χ4v) is 3.89. The van der Waals surface area contributed by atoms with Crippen LogP contribution in [0.3, 0.4) is 0 Å². The van der Waals surface area contributed by atoms with Gasteiger partial charge in [-0.15, -0.1) is 0 Å². The molecule has 0 atom stereocenters. The standard InChI is InChI=1S/C23H22N4O3S/c1-29-18-8-6-17(7-9-18)20-13-21-23(24-10-11-27(21)26-20)31-15-22(28)25-14-16-4-3-5-19(12-16)30-2/h3-13H,14-15H2,1-2H3,(H,25,28). The molecule has 0 spiro atoms. The molecule has 0 aliphatic carbocycles. The van der Waals surface area contributed by atoms with Crippen LogP contribution in [-0.4, -0.2) is 40.5 Å². The molecule has 31 heavy (non-hydrogen) atoms. The van der Waals surface area contributed by atoms with Gasteiger partial charge in [-0.2, -0.15) is 5.10 Å². The van der Waals surface area contributed by atoms with E-state index in [2.05, 4.69) is 15.4 Å². The lowest BCUT2D eigenvalue weighted by Crippen LogP contribution is -2.24. The first-order valence-corrected chi connectivity index (χ1v) is 10.7. The first kappa shape index (κ1) is 20.7. The van der Waals surface area contributed by atoms with Crippen LogP contribution in [-0.2, 0) is 11.3 Å². The number of hydrogen-bond acceptors (Lipinski definition) is 6. The van der Waals surface area contributed by atoms with E-state index in [1.54, 1.807) is 31.1 Å². The minimum atomic E-state index is -0.0634. The zero-order valence-electron chi connectivity index (χ0n) is 17.2. The highest BCUT2D eigenvalue weighted by molar-refractivity contribution is 8.00. The van der Waals surface area contributed by atoms with Gasteiger partial charge in [-0.3, -0.25) is 4.79 Å². The summed E-state index contributed by atoms with van der Waals surface area (Å²) in [4.78, 5) is 16.8. The van der Waals surface area contributed by atoms with E-state index in [4.69, 9.17) is 9.47 Å². The van der Waals surface area contributed by atoms with E-state index >= 15 is 0 Å². The average Bonchev–Trinajstić information content (AvgIpc) is 3.26. The molecule has 0 aliphatic rings. The van der Waals surface area contributed by atoms with Gasteiger partial charge in [0.05, 0.1) is 31.2 Å². The molecule has 0 unspecified atom stereocenters. The van der Waals surface area contributed by atoms with Gasteiger partial charge >= 0.3 is 0 Å². The number of nitrogens with one attached hydrogen (secondary N) is 1. The molecule has 0 aliphatic heterocycles. The topological polar surface area (TPSA) is 77.8 Å². The summed E-state index contributed by atoms with van der Waals surface area (Å²) in [6.07, 6.45) is 3.49. The molecular weight excluding hydrogens is 412 g/mol. The number of carbonyl (C=O) groups is 1. The van der Waals surface area contributed by atoms with Crippen LogP contribution in [0.5, 0.6) is 11.5 Å². The zero-order valence-corrected chi connectivity index (χ0v) is 18.1. The first-order chi connectivity index (χ1) is 15.2. The number of benzene rings is 2. The Hall–Kier alpha value is -3.52. The largest absolute Gasteiger partial charge is 0.497 e. The van der Waals surface area contributed by atoms with E-state index in [0.29, 0.717) is 6.54 Å². The second-order valence-corrected chi connectivity index (χ2v) is 7.70. The summed E-state index contributed by atoms with van der Waals surface area (Å²) < 4.78 is 12.2. The summed E-state index contributed by atoms with van der Waals surface area (Å²) in [5.41, 5.74) is 3.66. The van der Waals surface area contributed by atoms with E-state index in [9.17, 15) is 4.79 Å². The molecule has 2 aromatic carbocycles. The molecule has 0 fully saturated rings. The van der Waals surface area contributed by atoms with Crippen LogP contribution in [0.1, 0.15) is 5.56 Å². The summed E-state index contributed by atoms with van der Waals surface area (Å²) in [5, 5.41) is 8.32. The van der Waals surface area contributed by atoms with Crippen molar-refractivity contribution in [3.8, 4) is 22.8 Å². The van der Waals surface area contributed by atoms with Gasteiger partial charge < -0.3 is 14.8 Å². The first-order valence-electron chi connectivity index (χ1n) is 9.67. The van der Waals surface area contributed by atoms with E-state index in [1.807, 2.05) is 54.6 Å². The van der Waals surface area contributed by atoms with Gasteiger partial charge in [-0.05, 0) is 48.0 Å². The van der Waals surface area contributed by atoms with Crippen molar-refractivity contribution < 1.29 is 14.3 Å². The minimum Gasteiger partial charge on any atom is -0.497 e. The molecule has 7 nitrogen and oxygen atoms in total. The van der Waals surface area contributed by atoms with Gasteiger partial charge in [0, 0.05) is 24.5 Å². The van der Waals surface area contributed by atoms with Crippen LogP contribution in [0.4, 0.5) is 0 Å². The Morgan fingerprint density at radius 2 is 1.87 bits per heavy atom. The molecule has 1 N–H and O–H groups in total. The van der Waals surface area contributed by atoms with Crippen LogP contribution in [0.2, 0.25) is 0 Å². The Balaban J connectivity index is 1.42. The molecular formula is C23H22N4O3S. The predicted molar refractivity (Wildman–Crippen MR) is 121 cm³/mol. The zero-order chi connectivity index (χ0) is 21.6. The van der Waals surface area contributed by atoms with Crippen molar-refractivity contribution in [1.82, 2.24) is 19.9 Å². The van der Waals surface area contributed by atoms with Crippen molar-refractivity contribution in [2.75, 3.05) is 20.0 Å². The minimum absolute atomic E-state index is 0.0634. The van der Waals surface area contributed by atoms with Crippen molar-refractivity contribution in [2.24, 2.45) is 0 Å². The monoisotopic (exact) mass is 434 g/mol. The number of aromatic nitrogens is 3. The van der Waals surface area contributed by atoms with Gasteiger partial charge in [0.15, 0.2) is 0 Å². The van der Waals surface area contributed by atoms with Crippen LogP contribution in [0, 0.1) is 0 Å². The maximum Gasteiger partial charge on any atom is 0.230 e. The Kier molecular flexibility index (Phi) is 6.37. The summed E-state index contributed by atoms with van der Waals surface area (Å²) >= 11 is 1.39. The van der Waals surface area contributed by atoms with Gasteiger partial charge in [0.25, 0.3) is 0 Å². The third kappa shape index (κ3) is 4.97. The third-order valence-electron chi connectivity index (χ3n) is 4.70. The number of amides is 1. The Morgan fingerprint density at radius 1 is 1.06 bits per heavy atom. The summed E-state index contributed by atoms with van der Waals surface area (Å²) in [6.45, 7) is 0.447. The van der Waals surface area contributed by atoms with Crippen molar-refractivity contribution in [2.45, 2.75) is 11.6 Å². The fourth-order valence-electron chi connectivity index (χ4n) is 3.08. The average molecular weight is 435 g/mol. The van der Waals surface area contributed by atoms with Crippen molar-refractivity contribution in [1.29, 1.82) is 0 Å². The second kappa shape index (κ2) is 9.53. The quantitative estimate of drug-likeness (QED) is 0.425. The highest BCUT2D eigenvalue weighted by Gasteiger charge is 2.12. The number of fused-ring (bicyclic) bond motifs is 1. The van der Waals surface area contributed by atoms with E-state index in [1.165, 1.54) is 11.8 Å². The maximum atomic E-state index is 12.3. The molecule has 2 aromatic heterocycles. The summed E-state index contributed by atoms with van der Waals surface area (Å²) in [7, 11) is 3.26. The van der Waals surface area contributed by atoms with E-state index in [0.717, 1.165) is 38.9 Å². The summed E-state index contributed by atoms with van der Waals surface area (Å²) in [6, 6.07) is 17.3. The smallest absolute Gasteiger partial charge is 0.230 e. The van der Waals surface area contributed by atoms with Crippen LogP contribution < -0.4 is 14.8 Å². The lowest BCUT2D eigenvalue weighted by Gasteiger charge is -2.07. The number of carbonyl (C=O) groups excluding carboxylic acids is 1. The number of ether oxygens (including phenoxy) is 2. The van der Waals surface area contributed by atoms with Crippen LogP contribution in [0.15, 0.2) is 72.0 Å². The number of rotatable bonds is 8. The molecule has 8 heteroatoms. The van der Waals surface area contributed by atoms with Gasteiger partial charge in [-0.1, -0.05) is 23.9 Å². The Bertz CT molecular complexity index is 1190. The van der Waals surface area contributed by atoms with E-state index in [-0.39, 0.29) is 11.7 Å². The van der Waals surface area contributed by atoms with Crippen LogP contribution in [0.25, 0.3) is 16.8 Å². The normalized spacial score (nSPS) is 10.8. The lowest BCUT2D eigenvalue weighted by molar-refractivity contribution is -0.118. The highest BCUT2D eigenvalue weighted by Crippen LogP contribution is 2.27. The summed E-state index contributed by atoms with van der Waals surface area (Å²) in [5.74, 6) is 1.77. The second-order valence-electron chi connectivity index (χ2n) is 6.74. The van der Waals surface area contributed by atoms with Gasteiger partial charge in [0.1, 0.15) is 16.5 Å². The molecule has 4 aromatic rings. The number of thioether (sulfide) groups is 1. The molecule has 158 valence electrons. The van der Waals surface area contributed by atoms with Crippen molar-refractivity contribution in [3.05, 3.63) is 72.6 Å². The predicted octanol–water partition coefficient (Wildman–Crippen LogP) is 3.82. The third-order valence-corrected chi connectivity index (χ3v) is 5.70. The van der Waals surface area contributed by atoms with Crippen molar-refractivity contribution >= 4 is 23.2 Å². The molecule has 2 heterocycles. The molecule has 0 saturated heterocycles. The van der Waals surface area contributed by atoms with Crippen molar-refractivity contribution in [3.63, 3.8) is 0 Å². The number of nitrogens with zero attached hydrogens (tertiary/aromatic N) is 3. The molecule has 4 rings (SSSR count). The van der Waals surface area contributed by atoms with E-state index < -0.39 is 0 Å². The fraction of sp³-hybridized carbons (Fsp3) is 0.174. The van der Waals surface area contributed by atoms with Gasteiger partial charge in [-0.25, -0.2) is 9.50 Å². The maximum absolute atomic E-state index is 12.3. The lowest BCUT2D eigenvalue weighted by atomic mass is 10.1. The highest BCUT2D eigenvalue weighted by atomic mass is 32.2. The van der Waals surface area contributed by atoms with Gasteiger partial charge in [0.2, 0.25) is 5.91 Å². The molecule has 0 radical (unpaired) electrons. The molecule has 0 saturated carbocycles. The Morgan fingerprint density at radius 3 is 2.65 bits per heavy atom. The Labute approximate surface area is 184 Å². The van der Waals surface area contributed by atoms with Crippen LogP contribution >= 0.6 is 11.8 Å². The molecule has 0 bridgehead atoms. The number of hydrogen-bond donors (Lipinski definition) is 1. The molecule has 1 amide bonds. The number of methoxy groups -OCH3 is 2.